The molecule has 0 fully saturated rings. The highest BCUT2D eigenvalue weighted by Gasteiger charge is 2.15. The first-order valence-electron chi connectivity index (χ1n) is 7.88. The van der Waals surface area contributed by atoms with Crippen LogP contribution in [0.4, 0.5) is 0 Å². The zero-order chi connectivity index (χ0) is 15.6. The van der Waals surface area contributed by atoms with Crippen molar-refractivity contribution in [3.63, 3.8) is 0 Å². The predicted octanol–water partition coefficient (Wildman–Crippen LogP) is 1.57. The zero-order valence-electron chi connectivity index (χ0n) is 12.7. The van der Waals surface area contributed by atoms with Crippen LogP contribution in [0.15, 0.2) is 17.8 Å². The Bertz CT molecular complexity index is 804. The number of aryl methyl sites for hydroxylation is 1. The van der Waals surface area contributed by atoms with Crippen LogP contribution in [0, 0.1) is 0 Å². The van der Waals surface area contributed by atoms with Crippen molar-refractivity contribution in [2.75, 3.05) is 0 Å². The second-order valence-electron chi connectivity index (χ2n) is 5.77. The number of hydrogen-bond acceptors (Lipinski definition) is 5. The number of nitrogens with zero attached hydrogens (tertiary/aromatic N) is 5. The van der Waals surface area contributed by atoms with E-state index >= 15 is 0 Å². The quantitative estimate of drug-likeness (QED) is 0.788. The lowest BCUT2D eigenvalue weighted by Gasteiger charge is -2.07. The summed E-state index contributed by atoms with van der Waals surface area (Å²) in [6.07, 6.45) is 8.65. The summed E-state index contributed by atoms with van der Waals surface area (Å²) in [6.45, 7) is 1.37. The van der Waals surface area contributed by atoms with E-state index in [9.17, 15) is 4.79 Å². The van der Waals surface area contributed by atoms with Crippen LogP contribution in [-0.4, -0.2) is 30.1 Å². The second kappa shape index (κ2) is 6.11. The highest BCUT2D eigenvalue weighted by atomic mass is 32.1. The van der Waals surface area contributed by atoms with Gasteiger partial charge in [0.1, 0.15) is 5.82 Å². The number of amides is 1. The van der Waals surface area contributed by atoms with Crippen LogP contribution in [0.3, 0.4) is 0 Å². The maximum atomic E-state index is 12.1. The minimum atomic E-state index is -0.0401. The van der Waals surface area contributed by atoms with Crippen LogP contribution in [0.2, 0.25) is 0 Å². The van der Waals surface area contributed by atoms with Gasteiger partial charge in [0.15, 0.2) is 10.8 Å². The molecule has 1 aliphatic heterocycles. The average Bonchev–Trinajstić information content (AvgIpc) is 3.16. The van der Waals surface area contributed by atoms with Crippen molar-refractivity contribution in [3.05, 3.63) is 35.1 Å². The van der Waals surface area contributed by atoms with E-state index in [1.165, 1.54) is 12.8 Å². The molecule has 0 radical (unpaired) electrons. The number of rotatable bonds is 4. The third kappa shape index (κ3) is 2.98. The topological polar surface area (TPSA) is 77.1 Å². The predicted molar refractivity (Wildman–Crippen MR) is 86.2 cm³/mol. The van der Waals surface area contributed by atoms with Crippen molar-refractivity contribution < 1.29 is 4.79 Å². The third-order valence-electron chi connectivity index (χ3n) is 4.11. The Labute approximate surface area is 137 Å². The summed E-state index contributed by atoms with van der Waals surface area (Å²) in [7, 11) is 0. The average molecular weight is 330 g/mol. The maximum absolute atomic E-state index is 12.1. The number of imidazole rings is 1. The molecule has 0 atom stereocenters. The third-order valence-corrected chi connectivity index (χ3v) is 4.89. The molecule has 0 aromatic carbocycles. The molecule has 0 saturated heterocycles. The fourth-order valence-electron chi connectivity index (χ4n) is 2.94. The van der Waals surface area contributed by atoms with E-state index in [0.29, 0.717) is 6.54 Å². The highest BCUT2D eigenvalue weighted by molar-refractivity contribution is 7.15. The largest absolute Gasteiger partial charge is 0.348 e. The lowest BCUT2D eigenvalue weighted by molar-refractivity contribution is -0.120. The molecule has 1 N–H and O–H groups in total. The van der Waals surface area contributed by atoms with E-state index in [-0.39, 0.29) is 12.3 Å². The molecule has 23 heavy (non-hydrogen) atoms. The van der Waals surface area contributed by atoms with Crippen molar-refractivity contribution >= 4 is 22.2 Å². The molecule has 0 bridgehead atoms. The van der Waals surface area contributed by atoms with E-state index in [0.717, 1.165) is 41.7 Å². The highest BCUT2D eigenvalue weighted by Crippen LogP contribution is 2.14. The molecule has 1 aliphatic rings. The second-order valence-corrected chi connectivity index (χ2v) is 6.65. The van der Waals surface area contributed by atoms with Gasteiger partial charge in [-0.05, 0) is 12.8 Å². The fraction of sp³-hybridized carbons (Fsp3) is 0.467. The number of aromatic nitrogens is 5. The van der Waals surface area contributed by atoms with E-state index in [4.69, 9.17) is 0 Å². The van der Waals surface area contributed by atoms with Gasteiger partial charge in [-0.3, -0.25) is 9.20 Å². The van der Waals surface area contributed by atoms with Gasteiger partial charge >= 0.3 is 0 Å². The van der Waals surface area contributed by atoms with Gasteiger partial charge in [0, 0.05) is 30.7 Å². The minimum Gasteiger partial charge on any atom is -0.348 e. The molecular weight excluding hydrogens is 312 g/mol. The lowest BCUT2D eigenvalue weighted by atomic mass is 10.2. The van der Waals surface area contributed by atoms with E-state index in [2.05, 4.69) is 25.1 Å². The summed E-state index contributed by atoms with van der Waals surface area (Å²) >= 11 is 1.56. The van der Waals surface area contributed by atoms with E-state index in [1.54, 1.807) is 11.3 Å². The smallest absolute Gasteiger partial charge is 0.226 e. The van der Waals surface area contributed by atoms with Gasteiger partial charge in [-0.15, -0.1) is 21.5 Å². The van der Waals surface area contributed by atoms with Crippen LogP contribution in [0.5, 0.6) is 0 Å². The van der Waals surface area contributed by atoms with Crippen LogP contribution in [-0.2, 0) is 30.7 Å². The van der Waals surface area contributed by atoms with E-state index < -0.39 is 0 Å². The standard InChI is InChI=1S/C15H18N6OS/c22-14(8-11-10-20-6-7-23-15(20)17-11)16-9-13-19-18-12-4-2-1-3-5-21(12)13/h6-7,10H,1-5,8-9H2,(H,16,22). The van der Waals surface area contributed by atoms with Crippen LogP contribution in [0.1, 0.15) is 36.6 Å². The maximum Gasteiger partial charge on any atom is 0.226 e. The number of thiazole rings is 1. The van der Waals surface area contributed by atoms with Crippen molar-refractivity contribution in [1.82, 2.24) is 29.5 Å². The van der Waals surface area contributed by atoms with E-state index in [1.807, 2.05) is 22.2 Å². The SMILES string of the molecule is O=C(Cc1cn2ccsc2n1)NCc1nnc2n1CCCCC2. The van der Waals surface area contributed by atoms with Crippen LogP contribution >= 0.6 is 11.3 Å². The molecule has 120 valence electrons. The number of carbonyl (C=O) groups is 1. The summed E-state index contributed by atoms with van der Waals surface area (Å²) in [5.74, 6) is 1.85. The summed E-state index contributed by atoms with van der Waals surface area (Å²) in [4.78, 5) is 17.5. The first-order chi connectivity index (χ1) is 11.3. The summed E-state index contributed by atoms with van der Waals surface area (Å²) < 4.78 is 4.09. The Morgan fingerprint density at radius 3 is 3.17 bits per heavy atom. The molecule has 0 saturated carbocycles. The molecule has 0 unspecified atom stereocenters. The first-order valence-corrected chi connectivity index (χ1v) is 8.76. The Balaban J connectivity index is 1.38. The zero-order valence-corrected chi connectivity index (χ0v) is 13.6. The number of hydrogen-bond donors (Lipinski definition) is 1. The van der Waals surface area contributed by atoms with Gasteiger partial charge in [0.05, 0.1) is 18.7 Å². The van der Waals surface area contributed by atoms with Gasteiger partial charge < -0.3 is 9.88 Å². The lowest BCUT2D eigenvalue weighted by Crippen LogP contribution is -2.26. The summed E-state index contributed by atoms with van der Waals surface area (Å²) in [6, 6.07) is 0. The van der Waals surface area contributed by atoms with Gasteiger partial charge in [0.2, 0.25) is 5.91 Å². The van der Waals surface area contributed by atoms with Gasteiger partial charge in [0.25, 0.3) is 0 Å². The normalized spacial score (nSPS) is 14.6. The minimum absolute atomic E-state index is 0.0401. The monoisotopic (exact) mass is 330 g/mol. The van der Waals surface area contributed by atoms with Gasteiger partial charge in [-0.2, -0.15) is 0 Å². The summed E-state index contributed by atoms with van der Waals surface area (Å²) in [5, 5.41) is 13.4. The molecule has 4 rings (SSSR count). The molecule has 0 aliphatic carbocycles. The van der Waals surface area contributed by atoms with Gasteiger partial charge in [-0.1, -0.05) is 6.42 Å². The molecule has 3 aromatic heterocycles. The Kier molecular flexibility index (Phi) is 3.82. The Morgan fingerprint density at radius 1 is 1.30 bits per heavy atom. The number of nitrogens with one attached hydrogen (secondary N) is 1. The molecular formula is C15H18N6OS. The molecule has 3 aromatic rings. The van der Waals surface area contributed by atoms with Gasteiger partial charge in [-0.25, -0.2) is 4.98 Å². The van der Waals surface area contributed by atoms with Crippen LogP contribution < -0.4 is 5.32 Å². The number of fused-ring (bicyclic) bond motifs is 2. The molecule has 0 spiro atoms. The Morgan fingerprint density at radius 2 is 2.26 bits per heavy atom. The number of carbonyl (C=O) groups excluding carboxylic acids is 1. The fourth-order valence-corrected chi connectivity index (χ4v) is 3.66. The van der Waals surface area contributed by atoms with Crippen LogP contribution in [0.25, 0.3) is 4.96 Å². The van der Waals surface area contributed by atoms with Crippen molar-refractivity contribution in [2.45, 2.75) is 45.2 Å². The van der Waals surface area contributed by atoms with Crippen molar-refractivity contribution in [1.29, 1.82) is 0 Å². The first kappa shape index (κ1) is 14.4. The molecule has 4 heterocycles. The molecule has 8 heteroatoms. The van der Waals surface area contributed by atoms with Crippen molar-refractivity contribution in [2.24, 2.45) is 0 Å². The van der Waals surface area contributed by atoms with Crippen molar-refractivity contribution in [3.8, 4) is 0 Å². The molecule has 7 nitrogen and oxygen atoms in total. The summed E-state index contributed by atoms with van der Waals surface area (Å²) in [5.41, 5.74) is 0.787. The molecule has 1 amide bonds. The Hall–Kier alpha value is -2.22.